The van der Waals surface area contributed by atoms with Gasteiger partial charge >= 0.3 is 0 Å². The molecule has 0 heterocycles. The minimum absolute atomic E-state index is 1.24. The third-order valence-corrected chi connectivity index (χ3v) is 9.22. The smallest absolute Gasteiger partial charge is 0.00928 e. The van der Waals surface area contributed by atoms with Gasteiger partial charge in [-0.05, 0) is 112 Å². The van der Waals surface area contributed by atoms with E-state index in [1.807, 2.05) is 0 Å². The van der Waals surface area contributed by atoms with E-state index in [4.69, 9.17) is 0 Å². The van der Waals surface area contributed by atoms with Crippen molar-refractivity contribution in [3.63, 3.8) is 0 Å². The van der Waals surface area contributed by atoms with Gasteiger partial charge in [-0.3, -0.25) is 0 Å². The third kappa shape index (κ3) is 4.00. The molecule has 0 aliphatic rings. The number of fused-ring (bicyclic) bond motifs is 6. The van der Waals surface area contributed by atoms with Gasteiger partial charge in [0.05, 0.1) is 0 Å². The Hall–Kier alpha value is -5.72. The highest BCUT2D eigenvalue weighted by Gasteiger charge is 2.14. The molecule has 0 aliphatic carbocycles. The summed E-state index contributed by atoms with van der Waals surface area (Å²) >= 11 is 0. The Kier molecular flexibility index (Phi) is 5.61. The predicted octanol–water partition coefficient (Wildman–Crippen LogP) is 12.5. The molecule has 204 valence electrons. The zero-order valence-corrected chi connectivity index (χ0v) is 24.2. The van der Waals surface area contributed by atoms with Gasteiger partial charge in [0, 0.05) is 0 Å². The van der Waals surface area contributed by atoms with Crippen molar-refractivity contribution in [3.05, 3.63) is 170 Å². The fourth-order valence-corrected chi connectivity index (χ4v) is 7.02. The predicted molar refractivity (Wildman–Crippen MR) is 190 cm³/mol. The minimum Gasteiger partial charge on any atom is -0.0616 e. The van der Waals surface area contributed by atoms with Crippen LogP contribution in [0.5, 0.6) is 0 Å². The van der Waals surface area contributed by atoms with Gasteiger partial charge in [0.15, 0.2) is 0 Å². The zero-order chi connectivity index (χ0) is 29.0. The summed E-state index contributed by atoms with van der Waals surface area (Å²) in [6.07, 6.45) is 0. The number of hydrogen-bond donors (Lipinski definition) is 0. The van der Waals surface area contributed by atoms with E-state index in [0.29, 0.717) is 0 Å². The molecule has 0 heteroatoms. The molecule has 0 radical (unpaired) electrons. The van der Waals surface area contributed by atoms with E-state index >= 15 is 0 Å². The molecule has 0 spiro atoms. The molecule has 9 rings (SSSR count). The lowest BCUT2D eigenvalue weighted by Gasteiger charge is -2.16. The number of benzene rings is 9. The first-order valence-electron chi connectivity index (χ1n) is 15.3. The summed E-state index contributed by atoms with van der Waals surface area (Å²) in [5.41, 5.74) is 7.54. The van der Waals surface area contributed by atoms with E-state index in [1.54, 1.807) is 0 Å². The molecule has 0 atom stereocenters. The maximum atomic E-state index is 2.36. The minimum atomic E-state index is 1.24. The highest BCUT2D eigenvalue weighted by molar-refractivity contribution is 6.17. The normalized spacial score (nSPS) is 11.6. The van der Waals surface area contributed by atoms with Gasteiger partial charge in [0.2, 0.25) is 0 Å². The zero-order valence-electron chi connectivity index (χ0n) is 24.2. The van der Waals surface area contributed by atoms with Crippen molar-refractivity contribution in [1.29, 1.82) is 0 Å². The number of hydrogen-bond acceptors (Lipinski definition) is 0. The quantitative estimate of drug-likeness (QED) is 0.190. The molecule has 0 nitrogen and oxygen atoms in total. The van der Waals surface area contributed by atoms with Gasteiger partial charge in [0.25, 0.3) is 0 Å². The van der Waals surface area contributed by atoms with Crippen molar-refractivity contribution in [2.45, 2.75) is 0 Å². The van der Waals surface area contributed by atoms with Crippen molar-refractivity contribution >= 4 is 53.9 Å². The van der Waals surface area contributed by atoms with Crippen LogP contribution in [-0.4, -0.2) is 0 Å². The monoisotopic (exact) mass is 556 g/mol. The van der Waals surface area contributed by atoms with Crippen LogP contribution in [0, 0.1) is 0 Å². The Morgan fingerprint density at radius 3 is 1.34 bits per heavy atom. The molecule has 0 saturated heterocycles. The van der Waals surface area contributed by atoms with Crippen LogP contribution in [0.25, 0.3) is 87.2 Å². The van der Waals surface area contributed by atoms with Gasteiger partial charge < -0.3 is 0 Å². The van der Waals surface area contributed by atoms with Gasteiger partial charge in [-0.15, -0.1) is 0 Å². The van der Waals surface area contributed by atoms with Crippen LogP contribution >= 0.6 is 0 Å². The van der Waals surface area contributed by atoms with Gasteiger partial charge in [-0.25, -0.2) is 0 Å². The molecule has 0 unspecified atom stereocenters. The maximum absolute atomic E-state index is 2.36. The summed E-state index contributed by atoms with van der Waals surface area (Å²) in [5.74, 6) is 0. The first-order valence-corrected chi connectivity index (χ1v) is 15.3. The highest BCUT2D eigenvalue weighted by Crippen LogP contribution is 2.41. The van der Waals surface area contributed by atoms with Crippen molar-refractivity contribution in [2.24, 2.45) is 0 Å². The van der Waals surface area contributed by atoms with Crippen LogP contribution in [0.4, 0.5) is 0 Å². The Labute approximate surface area is 256 Å². The van der Waals surface area contributed by atoms with Crippen LogP contribution in [-0.2, 0) is 0 Å². The largest absolute Gasteiger partial charge is 0.0616 e. The second-order valence-corrected chi connectivity index (χ2v) is 11.7. The van der Waals surface area contributed by atoms with Crippen LogP contribution < -0.4 is 0 Å². The molecule has 9 aromatic carbocycles. The lowest BCUT2D eigenvalue weighted by Crippen LogP contribution is -1.89. The Morgan fingerprint density at radius 2 is 0.636 bits per heavy atom. The standard InChI is InChI=1S/C44H28/c1-2-10-30-25-31(18-17-29(30)9-1)32-19-20-34-27-36(22-21-33(34)26-32)38-23-24-43(41-15-7-5-14-40(38)41)44-28-35-11-3-4-12-37(35)39-13-6-8-16-42(39)44/h1-28H. The summed E-state index contributed by atoms with van der Waals surface area (Å²) in [5, 5.41) is 12.7. The average molecular weight is 557 g/mol. The molecular formula is C44H28. The topological polar surface area (TPSA) is 0 Å². The molecule has 0 bridgehead atoms. The second-order valence-electron chi connectivity index (χ2n) is 11.7. The van der Waals surface area contributed by atoms with E-state index < -0.39 is 0 Å². The average Bonchev–Trinajstić information content (AvgIpc) is 3.10. The molecular weight excluding hydrogens is 528 g/mol. The second kappa shape index (κ2) is 9.93. The van der Waals surface area contributed by atoms with Gasteiger partial charge in [-0.1, -0.05) is 146 Å². The fraction of sp³-hybridized carbons (Fsp3) is 0. The summed E-state index contributed by atoms with van der Waals surface area (Å²) < 4.78 is 0. The van der Waals surface area contributed by atoms with E-state index in [9.17, 15) is 0 Å². The Bertz CT molecular complexity index is 2550. The molecule has 0 aromatic heterocycles. The maximum Gasteiger partial charge on any atom is -0.00928 e. The molecule has 0 amide bonds. The van der Waals surface area contributed by atoms with E-state index in [2.05, 4.69) is 170 Å². The fourth-order valence-electron chi connectivity index (χ4n) is 7.02. The third-order valence-electron chi connectivity index (χ3n) is 9.22. The summed E-state index contributed by atoms with van der Waals surface area (Å²) in [7, 11) is 0. The van der Waals surface area contributed by atoms with Gasteiger partial charge in [-0.2, -0.15) is 0 Å². The lowest BCUT2D eigenvalue weighted by molar-refractivity contribution is 1.65. The first-order chi connectivity index (χ1) is 21.8. The lowest BCUT2D eigenvalue weighted by atomic mass is 9.88. The van der Waals surface area contributed by atoms with Crippen LogP contribution in [0.3, 0.4) is 0 Å². The Morgan fingerprint density at radius 1 is 0.205 bits per heavy atom. The molecule has 0 N–H and O–H groups in total. The first kappa shape index (κ1) is 24.8. The molecule has 0 fully saturated rings. The summed E-state index contributed by atoms with van der Waals surface area (Å²) in [6.45, 7) is 0. The molecule has 0 aliphatic heterocycles. The van der Waals surface area contributed by atoms with E-state index in [-0.39, 0.29) is 0 Å². The van der Waals surface area contributed by atoms with Crippen molar-refractivity contribution in [2.75, 3.05) is 0 Å². The molecule has 0 saturated carbocycles. The number of rotatable bonds is 3. The van der Waals surface area contributed by atoms with E-state index in [0.717, 1.165) is 0 Å². The van der Waals surface area contributed by atoms with Crippen LogP contribution in [0.15, 0.2) is 170 Å². The summed E-state index contributed by atoms with van der Waals surface area (Å²) in [4.78, 5) is 0. The SMILES string of the molecule is c1ccc2cc(-c3ccc4cc(-c5ccc(-c6cc7ccccc7c7ccccc67)c6ccccc56)ccc4c3)ccc2c1. The highest BCUT2D eigenvalue weighted by atomic mass is 14.2. The molecule has 44 heavy (non-hydrogen) atoms. The van der Waals surface area contributed by atoms with E-state index in [1.165, 1.54) is 87.2 Å². The Balaban J connectivity index is 1.17. The van der Waals surface area contributed by atoms with Crippen molar-refractivity contribution in [3.8, 4) is 33.4 Å². The molecule has 9 aromatic rings. The summed E-state index contributed by atoms with van der Waals surface area (Å²) in [6, 6.07) is 62.4. The van der Waals surface area contributed by atoms with Crippen LogP contribution in [0.2, 0.25) is 0 Å². The van der Waals surface area contributed by atoms with Crippen molar-refractivity contribution < 1.29 is 0 Å². The van der Waals surface area contributed by atoms with Crippen molar-refractivity contribution in [1.82, 2.24) is 0 Å². The van der Waals surface area contributed by atoms with Crippen LogP contribution in [0.1, 0.15) is 0 Å². The van der Waals surface area contributed by atoms with Gasteiger partial charge in [0.1, 0.15) is 0 Å².